The number of benzene rings is 5. The first kappa shape index (κ1) is 25.7. The first-order valence-corrected chi connectivity index (χ1v) is 12.5. The van der Waals surface area contributed by atoms with Gasteiger partial charge in [-0.1, -0.05) is 84.9 Å². The highest BCUT2D eigenvalue weighted by atomic mass is 16.5. The summed E-state index contributed by atoms with van der Waals surface area (Å²) in [5, 5.41) is 17.0. The number of rotatable bonds is 4. The molecule has 0 saturated carbocycles. The Kier molecular flexibility index (Phi) is 7.66. The molecule has 1 aromatic heterocycles. The number of fused-ring (bicyclic) bond motifs is 3. The van der Waals surface area contributed by atoms with E-state index in [1.807, 2.05) is 79.7 Å². The molecule has 0 atom stereocenters. The maximum absolute atomic E-state index is 12.2. The van der Waals surface area contributed by atoms with Gasteiger partial charge in [0.15, 0.2) is 0 Å². The van der Waals surface area contributed by atoms with E-state index in [0.29, 0.717) is 11.3 Å². The minimum Gasteiger partial charge on any atom is -0.444 e. The number of hydrogen-bond donors (Lipinski definition) is 2. The summed E-state index contributed by atoms with van der Waals surface area (Å²) in [5.41, 5.74) is 3.25. The molecule has 0 aliphatic rings. The Morgan fingerprint density at radius 3 is 2.08 bits per heavy atom. The third-order valence-corrected chi connectivity index (χ3v) is 6.49. The Morgan fingerprint density at radius 1 is 0.769 bits per heavy atom. The van der Waals surface area contributed by atoms with E-state index >= 15 is 0 Å². The lowest BCUT2D eigenvalue weighted by Crippen LogP contribution is -2.13. The van der Waals surface area contributed by atoms with Crippen LogP contribution in [0.15, 0.2) is 118 Å². The molecule has 194 valence electrons. The smallest absolute Gasteiger partial charge is 0.411 e. The number of aryl methyl sites for hydroxylation is 1. The maximum Gasteiger partial charge on any atom is 0.411 e. The van der Waals surface area contributed by atoms with E-state index < -0.39 is 11.7 Å². The highest BCUT2D eigenvalue weighted by Crippen LogP contribution is 2.22. The molecule has 0 radical (unpaired) electrons. The minimum atomic E-state index is -0.572. The van der Waals surface area contributed by atoms with Gasteiger partial charge in [-0.25, -0.2) is 9.59 Å². The van der Waals surface area contributed by atoms with Crippen molar-refractivity contribution in [3.63, 3.8) is 0 Å². The lowest BCUT2D eigenvalue weighted by Gasteiger charge is -2.10. The van der Waals surface area contributed by atoms with Crippen LogP contribution in [0.3, 0.4) is 0 Å². The number of nitrogens with one attached hydrogen (secondary N) is 1. The van der Waals surface area contributed by atoms with Gasteiger partial charge in [-0.05, 0) is 57.3 Å². The lowest BCUT2D eigenvalue weighted by molar-refractivity contribution is 0.155. The van der Waals surface area contributed by atoms with Crippen molar-refractivity contribution in [1.29, 1.82) is 0 Å². The van der Waals surface area contributed by atoms with Crippen LogP contribution >= 0.6 is 0 Å². The van der Waals surface area contributed by atoms with Crippen LogP contribution in [-0.2, 0) is 18.0 Å². The number of carbonyl (C=O) groups is 1. The maximum atomic E-state index is 12.2. The molecule has 6 nitrogen and oxygen atoms in total. The number of amides is 1. The van der Waals surface area contributed by atoms with Crippen molar-refractivity contribution in [1.82, 2.24) is 0 Å². The average Bonchev–Trinajstić information content (AvgIpc) is 2.96. The lowest BCUT2D eigenvalue weighted by atomic mass is 10.1. The van der Waals surface area contributed by atoms with Crippen LogP contribution in [-0.4, -0.2) is 11.2 Å². The molecular formula is C33H27NO5. The van der Waals surface area contributed by atoms with E-state index in [-0.39, 0.29) is 13.2 Å². The Hall–Kier alpha value is -4.94. The highest BCUT2D eigenvalue weighted by Gasteiger charge is 2.09. The van der Waals surface area contributed by atoms with Crippen LogP contribution in [0.2, 0.25) is 0 Å². The fourth-order valence-corrected chi connectivity index (χ4v) is 4.55. The second-order valence-electron chi connectivity index (χ2n) is 9.10. The van der Waals surface area contributed by atoms with Gasteiger partial charge in [0.1, 0.15) is 12.2 Å². The number of aliphatic hydroxyl groups excluding tert-OH is 1. The molecule has 0 aliphatic carbocycles. The summed E-state index contributed by atoms with van der Waals surface area (Å²) in [7, 11) is 0. The fourth-order valence-electron chi connectivity index (χ4n) is 4.55. The zero-order chi connectivity index (χ0) is 27.2. The first-order chi connectivity index (χ1) is 19.0. The normalized spacial score (nSPS) is 10.7. The predicted octanol–water partition coefficient (Wildman–Crippen LogP) is 7.34. The molecular weight excluding hydrogens is 490 g/mol. The Labute approximate surface area is 225 Å². The van der Waals surface area contributed by atoms with Crippen LogP contribution in [0.25, 0.3) is 32.5 Å². The number of aliphatic hydroxyl groups is 1. The van der Waals surface area contributed by atoms with Crippen molar-refractivity contribution in [3.05, 3.63) is 136 Å². The van der Waals surface area contributed by atoms with Gasteiger partial charge in [0.25, 0.3) is 0 Å². The molecule has 0 unspecified atom stereocenters. The van der Waals surface area contributed by atoms with Gasteiger partial charge < -0.3 is 14.3 Å². The van der Waals surface area contributed by atoms with Crippen LogP contribution in [0.1, 0.15) is 16.7 Å². The summed E-state index contributed by atoms with van der Waals surface area (Å²) in [6, 6.07) is 34.5. The van der Waals surface area contributed by atoms with Gasteiger partial charge in [0.05, 0.1) is 6.61 Å². The van der Waals surface area contributed by atoms with Crippen LogP contribution in [0.5, 0.6) is 0 Å². The molecule has 0 fully saturated rings. The van der Waals surface area contributed by atoms with E-state index in [4.69, 9.17) is 14.3 Å². The van der Waals surface area contributed by atoms with Gasteiger partial charge in [0, 0.05) is 23.2 Å². The van der Waals surface area contributed by atoms with E-state index in [9.17, 15) is 9.59 Å². The average molecular weight is 518 g/mol. The van der Waals surface area contributed by atoms with E-state index in [1.54, 1.807) is 18.2 Å². The standard InChI is InChI=1S/C22H17NO4.C11H10O/c1-14-11-21(24)27-20-12-17(9-10-18(14)20)23-22(25)26-13-16-7-4-6-15-5-2-3-8-19(15)16;12-8-10-6-3-5-9-4-1-2-7-11(9)10/h2-12H,13H2,1H3,(H,23,25);1-7,12H,8H2. The van der Waals surface area contributed by atoms with Gasteiger partial charge >= 0.3 is 11.7 Å². The summed E-state index contributed by atoms with van der Waals surface area (Å²) >= 11 is 0. The first-order valence-electron chi connectivity index (χ1n) is 12.5. The third kappa shape index (κ3) is 5.98. The summed E-state index contributed by atoms with van der Waals surface area (Å²) in [4.78, 5) is 23.7. The molecule has 39 heavy (non-hydrogen) atoms. The molecule has 1 amide bonds. The second kappa shape index (κ2) is 11.6. The number of hydrogen-bond acceptors (Lipinski definition) is 5. The topological polar surface area (TPSA) is 88.8 Å². The molecule has 0 bridgehead atoms. The van der Waals surface area contributed by atoms with Crippen molar-refractivity contribution in [2.24, 2.45) is 0 Å². The molecule has 6 rings (SSSR count). The highest BCUT2D eigenvalue weighted by molar-refractivity contribution is 5.90. The van der Waals surface area contributed by atoms with Crippen LogP contribution in [0, 0.1) is 6.92 Å². The second-order valence-corrected chi connectivity index (χ2v) is 9.10. The Bertz CT molecular complexity index is 1830. The van der Waals surface area contributed by atoms with Crippen molar-refractivity contribution in [2.75, 3.05) is 5.32 Å². The molecule has 0 aliphatic heterocycles. The van der Waals surface area contributed by atoms with Gasteiger partial charge in [-0.3, -0.25) is 5.32 Å². The zero-order valence-corrected chi connectivity index (χ0v) is 21.4. The molecule has 5 aromatic carbocycles. The largest absolute Gasteiger partial charge is 0.444 e. The van der Waals surface area contributed by atoms with Crippen molar-refractivity contribution in [3.8, 4) is 0 Å². The van der Waals surface area contributed by atoms with Crippen LogP contribution < -0.4 is 10.9 Å². The van der Waals surface area contributed by atoms with Crippen LogP contribution in [0.4, 0.5) is 10.5 Å². The monoisotopic (exact) mass is 517 g/mol. The number of carbonyl (C=O) groups excluding carboxylic acids is 1. The molecule has 1 heterocycles. The van der Waals surface area contributed by atoms with Crippen molar-refractivity contribution < 1.29 is 19.1 Å². The molecule has 0 saturated heterocycles. The fraction of sp³-hybridized carbons (Fsp3) is 0.0909. The Balaban J connectivity index is 0.000000214. The molecule has 6 aromatic rings. The third-order valence-electron chi connectivity index (χ3n) is 6.49. The molecule has 2 N–H and O–H groups in total. The van der Waals surface area contributed by atoms with Crippen molar-refractivity contribution >= 4 is 44.3 Å². The van der Waals surface area contributed by atoms with E-state index in [0.717, 1.165) is 38.2 Å². The molecule has 0 spiro atoms. The SMILES string of the molecule is Cc1cc(=O)oc2cc(NC(=O)OCc3cccc4ccccc34)ccc12.OCc1cccc2ccccc12. The van der Waals surface area contributed by atoms with E-state index in [1.165, 1.54) is 11.5 Å². The zero-order valence-electron chi connectivity index (χ0n) is 21.4. The van der Waals surface area contributed by atoms with Gasteiger partial charge in [-0.15, -0.1) is 0 Å². The number of anilines is 1. The summed E-state index contributed by atoms with van der Waals surface area (Å²) < 4.78 is 10.6. The summed E-state index contributed by atoms with van der Waals surface area (Å²) in [6.07, 6.45) is -0.572. The summed E-state index contributed by atoms with van der Waals surface area (Å²) in [5.74, 6) is 0. The van der Waals surface area contributed by atoms with E-state index in [2.05, 4.69) is 17.4 Å². The molecule has 6 heteroatoms. The Morgan fingerprint density at radius 2 is 1.38 bits per heavy atom. The van der Waals surface area contributed by atoms with Gasteiger partial charge in [-0.2, -0.15) is 0 Å². The predicted molar refractivity (Wildman–Crippen MR) is 155 cm³/mol. The quantitative estimate of drug-likeness (QED) is 0.239. The minimum absolute atomic E-state index is 0.112. The van der Waals surface area contributed by atoms with Gasteiger partial charge in [0.2, 0.25) is 0 Å². The summed E-state index contributed by atoms with van der Waals surface area (Å²) in [6.45, 7) is 2.11. The van der Waals surface area contributed by atoms with Crippen molar-refractivity contribution in [2.45, 2.75) is 20.1 Å². The number of ether oxygens (including phenoxy) is 1.